The van der Waals surface area contributed by atoms with Crippen molar-refractivity contribution >= 4 is 11.9 Å². The summed E-state index contributed by atoms with van der Waals surface area (Å²) in [4.78, 5) is 22.8. The van der Waals surface area contributed by atoms with Crippen LogP contribution >= 0.6 is 0 Å². The number of nitrogens with one attached hydrogen (secondary N) is 1. The molecule has 128 valence electrons. The molecule has 0 spiro atoms. The highest BCUT2D eigenvalue weighted by Gasteiger charge is 2.38. The highest BCUT2D eigenvalue weighted by Crippen LogP contribution is 2.21. The molecular formula is C14H18F3N3O3. The lowest BCUT2D eigenvalue weighted by atomic mass is 10.1. The molecule has 0 unspecified atom stereocenters. The fraction of sp³-hybridized carbons (Fsp3) is 0.643. The van der Waals surface area contributed by atoms with E-state index in [-0.39, 0.29) is 24.0 Å². The second kappa shape index (κ2) is 7.97. The summed E-state index contributed by atoms with van der Waals surface area (Å²) < 4.78 is 31.7. The van der Waals surface area contributed by atoms with E-state index in [1.54, 1.807) is 4.90 Å². The van der Waals surface area contributed by atoms with Crippen molar-refractivity contribution in [3.05, 3.63) is 12.7 Å². The zero-order valence-electron chi connectivity index (χ0n) is 12.3. The van der Waals surface area contributed by atoms with E-state index in [1.165, 1.54) is 0 Å². The molecule has 2 fully saturated rings. The van der Waals surface area contributed by atoms with E-state index < -0.39 is 12.1 Å². The second-order valence-corrected chi connectivity index (χ2v) is 5.26. The minimum atomic E-state index is -5.08. The largest absolute Gasteiger partial charge is 0.490 e. The molecule has 0 aliphatic carbocycles. The van der Waals surface area contributed by atoms with Gasteiger partial charge in [0.15, 0.2) is 0 Å². The number of hydrogen-bond acceptors (Lipinski definition) is 4. The fourth-order valence-corrected chi connectivity index (χ4v) is 2.52. The van der Waals surface area contributed by atoms with Gasteiger partial charge in [0.2, 0.25) is 5.91 Å². The minimum absolute atomic E-state index is 0.0911. The summed E-state index contributed by atoms with van der Waals surface area (Å²) in [6.07, 6.45) is 0.343. The molecule has 6 nitrogen and oxygen atoms in total. The van der Waals surface area contributed by atoms with Crippen molar-refractivity contribution in [3.63, 3.8) is 0 Å². The van der Waals surface area contributed by atoms with Crippen LogP contribution in [0.2, 0.25) is 0 Å². The van der Waals surface area contributed by atoms with Crippen LogP contribution in [-0.2, 0) is 9.59 Å². The van der Waals surface area contributed by atoms with Crippen LogP contribution in [0.4, 0.5) is 13.2 Å². The van der Waals surface area contributed by atoms with Gasteiger partial charge in [-0.1, -0.05) is 6.08 Å². The number of aliphatic carboxylic acids is 1. The topological polar surface area (TPSA) is 93.4 Å². The lowest BCUT2D eigenvalue weighted by Crippen LogP contribution is -2.46. The average molecular weight is 333 g/mol. The third-order valence-electron chi connectivity index (χ3n) is 3.69. The first-order chi connectivity index (χ1) is 10.7. The number of hydrogen-bond donors (Lipinski definition) is 2. The number of carboxylic acids is 1. The van der Waals surface area contributed by atoms with E-state index in [1.807, 2.05) is 6.08 Å². The standard InChI is InChI=1S/C12H17N3O.C2HF3O2/c1-2-9-5-6-11(14-9)12(16)15-7-3-4-10(15)8-13;3-2(4,5)1(6)7/h2,9-11,14H,1,3-7H2;(H,6,7)/t9-,10-,11-;/m0./s1. The molecule has 0 aromatic rings. The summed E-state index contributed by atoms with van der Waals surface area (Å²) in [5, 5.41) is 19.3. The van der Waals surface area contributed by atoms with Gasteiger partial charge in [-0.2, -0.15) is 18.4 Å². The average Bonchev–Trinajstić information content (AvgIpc) is 3.14. The molecule has 2 N–H and O–H groups in total. The molecule has 2 aliphatic heterocycles. The van der Waals surface area contributed by atoms with Gasteiger partial charge < -0.3 is 10.0 Å². The number of carboxylic acid groups (broad SMARTS) is 1. The van der Waals surface area contributed by atoms with E-state index in [0.29, 0.717) is 0 Å². The molecule has 2 heterocycles. The summed E-state index contributed by atoms with van der Waals surface area (Å²) in [5.74, 6) is -2.67. The van der Waals surface area contributed by atoms with Gasteiger partial charge in [-0.05, 0) is 25.7 Å². The van der Waals surface area contributed by atoms with Crippen molar-refractivity contribution in [2.75, 3.05) is 6.54 Å². The van der Waals surface area contributed by atoms with Gasteiger partial charge >= 0.3 is 12.1 Å². The zero-order valence-corrected chi connectivity index (χ0v) is 12.3. The summed E-state index contributed by atoms with van der Waals surface area (Å²) >= 11 is 0. The molecular weight excluding hydrogens is 315 g/mol. The molecule has 1 amide bonds. The van der Waals surface area contributed by atoms with Crippen LogP contribution in [0.1, 0.15) is 25.7 Å². The van der Waals surface area contributed by atoms with Gasteiger partial charge in [0.05, 0.1) is 12.1 Å². The Morgan fingerprint density at radius 1 is 1.35 bits per heavy atom. The van der Waals surface area contributed by atoms with E-state index in [9.17, 15) is 18.0 Å². The molecule has 0 aromatic heterocycles. The van der Waals surface area contributed by atoms with E-state index in [2.05, 4.69) is 18.0 Å². The molecule has 9 heteroatoms. The monoisotopic (exact) mass is 333 g/mol. The third-order valence-corrected chi connectivity index (χ3v) is 3.69. The first-order valence-electron chi connectivity index (χ1n) is 7.09. The van der Waals surface area contributed by atoms with Crippen LogP contribution < -0.4 is 5.32 Å². The second-order valence-electron chi connectivity index (χ2n) is 5.26. The predicted molar refractivity (Wildman–Crippen MR) is 74.2 cm³/mol. The van der Waals surface area contributed by atoms with Crippen molar-refractivity contribution in [1.29, 1.82) is 5.26 Å². The molecule has 0 saturated carbocycles. The normalized spacial score (nSPS) is 26.9. The van der Waals surface area contributed by atoms with Crippen LogP contribution in [0.5, 0.6) is 0 Å². The van der Waals surface area contributed by atoms with Crippen molar-refractivity contribution in [1.82, 2.24) is 10.2 Å². The minimum Gasteiger partial charge on any atom is -0.475 e. The van der Waals surface area contributed by atoms with Crippen LogP contribution in [0, 0.1) is 11.3 Å². The summed E-state index contributed by atoms with van der Waals surface area (Å²) in [6, 6.07) is 2.12. The van der Waals surface area contributed by atoms with Gasteiger partial charge in [0.1, 0.15) is 6.04 Å². The third kappa shape index (κ3) is 5.25. The number of carbonyl (C=O) groups excluding carboxylic acids is 1. The highest BCUT2D eigenvalue weighted by atomic mass is 19.4. The Morgan fingerprint density at radius 3 is 2.39 bits per heavy atom. The van der Waals surface area contributed by atoms with Crippen LogP contribution in [0.3, 0.4) is 0 Å². The van der Waals surface area contributed by atoms with Crippen LogP contribution in [-0.4, -0.2) is 52.7 Å². The number of nitriles is 1. The van der Waals surface area contributed by atoms with Crippen molar-refractivity contribution in [3.8, 4) is 6.07 Å². The van der Waals surface area contributed by atoms with Crippen LogP contribution in [0.25, 0.3) is 0 Å². The summed E-state index contributed by atoms with van der Waals surface area (Å²) in [5.41, 5.74) is 0. The first-order valence-corrected chi connectivity index (χ1v) is 7.09. The number of rotatable bonds is 2. The van der Waals surface area contributed by atoms with Gasteiger partial charge in [-0.3, -0.25) is 10.1 Å². The van der Waals surface area contributed by atoms with Gasteiger partial charge in [0, 0.05) is 12.6 Å². The maximum Gasteiger partial charge on any atom is 0.490 e. The van der Waals surface area contributed by atoms with Crippen molar-refractivity contribution in [2.45, 2.75) is 50.0 Å². The van der Waals surface area contributed by atoms with Gasteiger partial charge in [0.25, 0.3) is 0 Å². The Bertz CT molecular complexity index is 502. The van der Waals surface area contributed by atoms with Gasteiger partial charge in [-0.25, -0.2) is 4.79 Å². The maximum atomic E-state index is 12.2. The Balaban J connectivity index is 0.000000322. The summed E-state index contributed by atoms with van der Waals surface area (Å²) in [6.45, 7) is 4.46. The number of alkyl halides is 3. The zero-order chi connectivity index (χ0) is 17.6. The SMILES string of the molecule is C=C[C@H]1CC[C@@H](C(=O)N2CCC[C@H]2C#N)N1.O=C(O)C(F)(F)F. The smallest absolute Gasteiger partial charge is 0.475 e. The summed E-state index contributed by atoms with van der Waals surface area (Å²) in [7, 11) is 0. The Hall–Kier alpha value is -2.08. The fourth-order valence-electron chi connectivity index (χ4n) is 2.52. The molecule has 23 heavy (non-hydrogen) atoms. The predicted octanol–water partition coefficient (Wildman–Crippen LogP) is 1.44. The van der Waals surface area contributed by atoms with Gasteiger partial charge in [-0.15, -0.1) is 6.58 Å². The van der Waals surface area contributed by atoms with Crippen molar-refractivity contribution in [2.24, 2.45) is 0 Å². The molecule has 0 aromatic carbocycles. The lowest BCUT2D eigenvalue weighted by molar-refractivity contribution is -0.192. The van der Waals surface area contributed by atoms with Crippen molar-refractivity contribution < 1.29 is 27.9 Å². The Kier molecular flexibility index (Phi) is 6.57. The maximum absolute atomic E-state index is 12.2. The molecule has 2 rings (SSSR count). The number of amides is 1. The van der Waals surface area contributed by atoms with E-state index >= 15 is 0 Å². The molecule has 0 radical (unpaired) electrons. The number of halogens is 3. The van der Waals surface area contributed by atoms with E-state index in [4.69, 9.17) is 15.2 Å². The van der Waals surface area contributed by atoms with Crippen LogP contribution in [0.15, 0.2) is 12.7 Å². The number of nitrogens with zero attached hydrogens (tertiary/aromatic N) is 2. The lowest BCUT2D eigenvalue weighted by Gasteiger charge is -2.23. The Morgan fingerprint density at radius 2 is 1.96 bits per heavy atom. The Labute approximate surface area is 131 Å². The molecule has 3 atom stereocenters. The number of carbonyl (C=O) groups is 2. The molecule has 2 aliphatic rings. The number of likely N-dealkylation sites (tertiary alicyclic amines) is 1. The molecule has 2 saturated heterocycles. The quantitative estimate of drug-likeness (QED) is 0.746. The van der Waals surface area contributed by atoms with E-state index in [0.717, 1.165) is 32.2 Å². The first kappa shape index (κ1) is 19.0. The highest BCUT2D eigenvalue weighted by molar-refractivity contribution is 5.83. The molecule has 0 bridgehead atoms.